The first kappa shape index (κ1) is 21.8. The Labute approximate surface area is 175 Å². The molecule has 0 radical (unpaired) electrons. The van der Waals surface area contributed by atoms with Crippen LogP contribution in [0.5, 0.6) is 0 Å². The number of benzene rings is 2. The monoisotopic (exact) mass is 476 g/mol. The van der Waals surface area contributed by atoms with Crippen molar-refractivity contribution in [1.82, 2.24) is 0 Å². The molecule has 2 aromatic carbocycles. The SMILES string of the molecule is Fc1cc(F)[c]([Ti]([C]2=CC=CC2)([C]2=CC=CC2)[c]2c(F)cc(F)c(F)c2F)c(F)c1F. The molecule has 31 heavy (non-hydrogen) atoms. The molecule has 2 aliphatic carbocycles. The molecule has 0 heterocycles. The van der Waals surface area contributed by atoms with Gasteiger partial charge in [0.1, 0.15) is 0 Å². The Hall–Kier alpha value is -2.45. The van der Waals surface area contributed by atoms with Crippen LogP contribution >= 0.6 is 0 Å². The third kappa shape index (κ3) is 3.15. The molecule has 0 amide bonds. The van der Waals surface area contributed by atoms with E-state index in [9.17, 15) is 17.6 Å². The van der Waals surface area contributed by atoms with Crippen molar-refractivity contribution in [2.45, 2.75) is 12.8 Å². The molecule has 4 rings (SSSR count). The molecule has 9 heteroatoms. The van der Waals surface area contributed by atoms with Crippen LogP contribution in [-0.2, 0) is 16.6 Å². The Morgan fingerprint density at radius 2 is 0.903 bits per heavy atom. The first-order valence-corrected chi connectivity index (χ1v) is 12.2. The summed E-state index contributed by atoms with van der Waals surface area (Å²) in [4.78, 5) is 0. The second-order valence-electron chi connectivity index (χ2n) is 7.08. The molecular formula is C22H12F8Ti. The van der Waals surface area contributed by atoms with Crippen LogP contribution in [0.4, 0.5) is 35.1 Å². The summed E-state index contributed by atoms with van der Waals surface area (Å²) in [5.41, 5.74) is 0. The fourth-order valence-electron chi connectivity index (χ4n) is 4.24. The van der Waals surface area contributed by atoms with Crippen LogP contribution < -0.4 is 7.74 Å². The summed E-state index contributed by atoms with van der Waals surface area (Å²) >= 11 is -5.43. The fourth-order valence-corrected chi connectivity index (χ4v) is 12.4. The average Bonchev–Trinajstić information content (AvgIpc) is 3.43. The van der Waals surface area contributed by atoms with Crippen LogP contribution in [0.3, 0.4) is 0 Å². The second-order valence-corrected chi connectivity index (χ2v) is 13.0. The number of halogens is 8. The predicted molar refractivity (Wildman–Crippen MR) is 95.5 cm³/mol. The summed E-state index contributed by atoms with van der Waals surface area (Å²) in [6.45, 7) is 0. The third-order valence-corrected chi connectivity index (χ3v) is 13.4. The van der Waals surface area contributed by atoms with Crippen molar-refractivity contribution in [2.75, 3.05) is 0 Å². The van der Waals surface area contributed by atoms with Crippen molar-refractivity contribution in [3.8, 4) is 0 Å². The van der Waals surface area contributed by atoms with E-state index in [2.05, 4.69) is 0 Å². The normalized spacial score (nSPS) is 15.6. The number of rotatable bonds is 4. The van der Waals surface area contributed by atoms with E-state index < -0.39 is 70.9 Å². The van der Waals surface area contributed by atoms with E-state index in [1.807, 2.05) is 0 Å². The molecule has 2 aromatic rings. The zero-order valence-electron chi connectivity index (χ0n) is 15.6. The maximum absolute atomic E-state index is 15.1. The van der Waals surface area contributed by atoms with E-state index in [0.717, 1.165) is 0 Å². The fraction of sp³-hybridized carbons (Fsp3) is 0.0909. The molecular weight excluding hydrogens is 464 g/mol. The van der Waals surface area contributed by atoms with Gasteiger partial charge in [-0.3, -0.25) is 0 Å². The van der Waals surface area contributed by atoms with Crippen molar-refractivity contribution < 1.29 is 51.7 Å². The van der Waals surface area contributed by atoms with Crippen molar-refractivity contribution in [2.24, 2.45) is 0 Å². The molecule has 0 saturated carbocycles. The van der Waals surface area contributed by atoms with Gasteiger partial charge >= 0.3 is 175 Å². The first-order chi connectivity index (χ1) is 14.7. The molecule has 0 saturated heterocycles. The van der Waals surface area contributed by atoms with Gasteiger partial charge in [0.25, 0.3) is 0 Å². The van der Waals surface area contributed by atoms with Gasteiger partial charge in [-0.15, -0.1) is 0 Å². The van der Waals surface area contributed by atoms with Gasteiger partial charge in [-0.1, -0.05) is 0 Å². The maximum atomic E-state index is 15.1. The van der Waals surface area contributed by atoms with Gasteiger partial charge in [0.05, 0.1) is 0 Å². The summed E-state index contributed by atoms with van der Waals surface area (Å²) < 4.78 is 115. The Morgan fingerprint density at radius 3 is 1.23 bits per heavy atom. The standard InChI is InChI=1S/2C6HF4.2C5H5.Ti/c2*7-3-1-4(8)6(10)5(9)2-3;2*1-2-4-5-3-1;/h2*1H;2*1-3H,4H2;. The molecule has 0 atom stereocenters. The van der Waals surface area contributed by atoms with E-state index >= 15 is 17.6 Å². The summed E-state index contributed by atoms with van der Waals surface area (Å²) in [7, 11) is 0. The molecule has 0 nitrogen and oxygen atoms in total. The molecule has 0 unspecified atom stereocenters. The van der Waals surface area contributed by atoms with Crippen molar-refractivity contribution in [1.29, 1.82) is 0 Å². The zero-order valence-corrected chi connectivity index (χ0v) is 17.1. The quantitative estimate of drug-likeness (QED) is 0.234. The Kier molecular flexibility index (Phi) is 5.56. The van der Waals surface area contributed by atoms with Crippen LogP contribution in [0.15, 0.2) is 56.3 Å². The van der Waals surface area contributed by atoms with Gasteiger partial charge in [0.2, 0.25) is 0 Å². The van der Waals surface area contributed by atoms with Gasteiger partial charge in [0.15, 0.2) is 0 Å². The van der Waals surface area contributed by atoms with Gasteiger partial charge in [-0.25, -0.2) is 0 Å². The Bertz CT molecular complexity index is 1130. The topological polar surface area (TPSA) is 0 Å². The molecule has 0 bridgehead atoms. The Balaban J connectivity index is 2.24. The van der Waals surface area contributed by atoms with Crippen LogP contribution in [0, 0.1) is 46.5 Å². The molecule has 0 aromatic heterocycles. The average molecular weight is 476 g/mol. The predicted octanol–water partition coefficient (Wildman–Crippen LogP) is 5.59. The van der Waals surface area contributed by atoms with E-state index in [1.54, 1.807) is 12.2 Å². The van der Waals surface area contributed by atoms with Gasteiger partial charge in [0, 0.05) is 0 Å². The van der Waals surface area contributed by atoms with E-state index in [0.29, 0.717) is 0 Å². The zero-order chi connectivity index (χ0) is 22.5. The van der Waals surface area contributed by atoms with E-state index in [4.69, 9.17) is 0 Å². The molecule has 0 N–H and O–H groups in total. The van der Waals surface area contributed by atoms with Crippen molar-refractivity contribution >= 4 is 7.74 Å². The van der Waals surface area contributed by atoms with Gasteiger partial charge < -0.3 is 0 Å². The summed E-state index contributed by atoms with van der Waals surface area (Å²) in [6.07, 6.45) is 8.78. The second kappa shape index (κ2) is 7.91. The van der Waals surface area contributed by atoms with Crippen LogP contribution in [0.25, 0.3) is 0 Å². The molecule has 0 fully saturated rings. The van der Waals surface area contributed by atoms with Crippen molar-refractivity contribution in [3.63, 3.8) is 0 Å². The summed E-state index contributed by atoms with van der Waals surface area (Å²) in [5.74, 6) is -14.7. The minimum atomic E-state index is -5.43. The number of hydrogen-bond donors (Lipinski definition) is 0. The Morgan fingerprint density at radius 1 is 0.516 bits per heavy atom. The van der Waals surface area contributed by atoms with Gasteiger partial charge in [-0.2, -0.15) is 0 Å². The molecule has 0 spiro atoms. The van der Waals surface area contributed by atoms with E-state index in [1.165, 1.54) is 24.3 Å². The summed E-state index contributed by atoms with van der Waals surface area (Å²) in [5, 5.41) is 0. The molecule has 2 aliphatic rings. The van der Waals surface area contributed by atoms with Crippen LogP contribution in [0.2, 0.25) is 0 Å². The van der Waals surface area contributed by atoms with Gasteiger partial charge in [-0.05, 0) is 0 Å². The summed E-state index contributed by atoms with van der Waals surface area (Å²) in [6, 6.07) is 0.185. The first-order valence-electron chi connectivity index (χ1n) is 9.10. The minimum absolute atomic E-state index is 0.00685. The molecule has 160 valence electrons. The molecule has 0 aliphatic heterocycles. The number of allylic oxidation sites excluding steroid dienone is 8. The third-order valence-electron chi connectivity index (χ3n) is 5.48. The van der Waals surface area contributed by atoms with E-state index in [-0.39, 0.29) is 32.7 Å². The van der Waals surface area contributed by atoms with Crippen molar-refractivity contribution in [3.05, 3.63) is 103 Å². The number of hydrogen-bond acceptors (Lipinski definition) is 0. The van der Waals surface area contributed by atoms with Crippen LogP contribution in [-0.4, -0.2) is 0 Å². The van der Waals surface area contributed by atoms with Crippen LogP contribution in [0.1, 0.15) is 12.8 Å².